The highest BCUT2D eigenvalue weighted by Crippen LogP contribution is 2.13. The van der Waals surface area contributed by atoms with Crippen molar-refractivity contribution in [3.8, 4) is 0 Å². The van der Waals surface area contributed by atoms with Crippen molar-refractivity contribution in [1.82, 2.24) is 0 Å². The molecule has 1 atom stereocenters. The summed E-state index contributed by atoms with van der Waals surface area (Å²) < 4.78 is 16.2. The minimum absolute atomic E-state index is 0.0789. The molecule has 0 rings (SSSR count). The molecule has 0 amide bonds. The zero-order valence-corrected chi connectivity index (χ0v) is 30.3. The zero-order valence-electron chi connectivity index (χ0n) is 30.3. The van der Waals surface area contributed by atoms with Crippen LogP contribution in [0.5, 0.6) is 0 Å². The van der Waals surface area contributed by atoms with Crippen LogP contribution in [0.1, 0.15) is 194 Å². The van der Waals surface area contributed by atoms with Crippen LogP contribution in [0.4, 0.5) is 0 Å². The predicted molar refractivity (Wildman–Crippen MR) is 192 cm³/mol. The van der Waals surface area contributed by atoms with E-state index in [0.717, 1.165) is 44.9 Å². The monoisotopic (exact) mass is 649 g/mol. The topological polar surface area (TPSA) is 78.9 Å². The van der Waals surface area contributed by atoms with Crippen LogP contribution in [-0.4, -0.2) is 37.2 Å². The highest BCUT2D eigenvalue weighted by Gasteiger charge is 2.19. The Morgan fingerprint density at radius 2 is 0.848 bits per heavy atom. The lowest BCUT2D eigenvalue weighted by Crippen LogP contribution is -2.30. The molecule has 46 heavy (non-hydrogen) atoms. The van der Waals surface area contributed by atoms with E-state index in [1.54, 1.807) is 0 Å². The van der Waals surface area contributed by atoms with Gasteiger partial charge < -0.3 is 14.2 Å². The first-order chi connectivity index (χ1) is 22.5. The number of esters is 3. The Labute approximate surface area is 283 Å². The van der Waals surface area contributed by atoms with Gasteiger partial charge in [-0.05, 0) is 64.7 Å². The summed E-state index contributed by atoms with van der Waals surface area (Å²) in [6.45, 7) is 6.06. The Hall–Kier alpha value is -2.11. The zero-order chi connectivity index (χ0) is 33.8. The summed E-state index contributed by atoms with van der Waals surface area (Å²) in [6, 6.07) is 0. The number of rotatable bonds is 34. The largest absolute Gasteiger partial charge is 0.462 e. The van der Waals surface area contributed by atoms with Gasteiger partial charge >= 0.3 is 17.9 Å². The van der Waals surface area contributed by atoms with E-state index < -0.39 is 6.10 Å². The molecule has 0 fully saturated rings. The molecule has 0 radical (unpaired) electrons. The number of ether oxygens (including phenoxy) is 3. The van der Waals surface area contributed by atoms with E-state index in [-0.39, 0.29) is 31.1 Å². The van der Waals surface area contributed by atoms with Gasteiger partial charge in [0.05, 0.1) is 0 Å². The van der Waals surface area contributed by atoms with Gasteiger partial charge in [-0.2, -0.15) is 0 Å². The summed E-state index contributed by atoms with van der Waals surface area (Å²) >= 11 is 0. The van der Waals surface area contributed by atoms with Crippen LogP contribution in [0, 0.1) is 0 Å². The molecule has 0 aliphatic heterocycles. The Morgan fingerprint density at radius 3 is 1.30 bits per heavy atom. The summed E-state index contributed by atoms with van der Waals surface area (Å²) in [5.41, 5.74) is 0. The van der Waals surface area contributed by atoms with Crippen LogP contribution in [0.3, 0.4) is 0 Å². The van der Waals surface area contributed by atoms with Gasteiger partial charge in [0.2, 0.25) is 0 Å². The average Bonchev–Trinajstić information content (AvgIpc) is 3.04. The number of hydrogen-bond donors (Lipinski definition) is 0. The molecule has 0 N–H and O–H groups in total. The molecule has 0 aromatic heterocycles. The molecule has 0 bridgehead atoms. The fourth-order valence-corrected chi connectivity index (χ4v) is 5.36. The molecule has 0 saturated heterocycles. The predicted octanol–water partition coefficient (Wildman–Crippen LogP) is 11.7. The molecule has 0 aliphatic carbocycles. The van der Waals surface area contributed by atoms with Gasteiger partial charge in [0, 0.05) is 19.3 Å². The molecule has 0 aliphatic rings. The Balaban J connectivity index is 4.01. The first-order valence-corrected chi connectivity index (χ1v) is 19.3. The minimum atomic E-state index is -0.764. The van der Waals surface area contributed by atoms with Crippen molar-refractivity contribution in [2.75, 3.05) is 13.2 Å². The van der Waals surface area contributed by atoms with E-state index in [9.17, 15) is 14.4 Å². The molecule has 0 aromatic carbocycles. The normalized spacial score (nSPS) is 12.2. The van der Waals surface area contributed by atoms with Gasteiger partial charge in [-0.1, -0.05) is 134 Å². The molecule has 0 spiro atoms. The molecule has 0 heterocycles. The van der Waals surface area contributed by atoms with Crippen molar-refractivity contribution in [1.29, 1.82) is 0 Å². The third kappa shape index (κ3) is 33.3. The fraction of sp³-hybridized carbons (Fsp3) is 0.825. The van der Waals surface area contributed by atoms with E-state index in [0.29, 0.717) is 25.7 Å². The average molecular weight is 649 g/mol. The number of hydrogen-bond acceptors (Lipinski definition) is 6. The summed E-state index contributed by atoms with van der Waals surface area (Å²) in [4.78, 5) is 36.6. The van der Waals surface area contributed by atoms with Crippen molar-refractivity contribution in [2.45, 2.75) is 200 Å². The van der Waals surface area contributed by atoms with Crippen molar-refractivity contribution in [2.24, 2.45) is 0 Å². The highest BCUT2D eigenvalue weighted by atomic mass is 16.6. The van der Waals surface area contributed by atoms with Gasteiger partial charge in [0.15, 0.2) is 6.10 Å². The van der Waals surface area contributed by atoms with Gasteiger partial charge in [-0.15, -0.1) is 0 Å². The van der Waals surface area contributed by atoms with Gasteiger partial charge in [-0.3, -0.25) is 14.4 Å². The lowest BCUT2D eigenvalue weighted by atomic mass is 10.1. The fourth-order valence-electron chi connectivity index (χ4n) is 5.36. The summed E-state index contributed by atoms with van der Waals surface area (Å²) in [6.07, 6.45) is 37.4. The van der Waals surface area contributed by atoms with Crippen LogP contribution in [0.15, 0.2) is 24.3 Å². The summed E-state index contributed by atoms with van der Waals surface area (Å²) in [7, 11) is 0. The van der Waals surface area contributed by atoms with Crippen LogP contribution < -0.4 is 0 Å². The third-order valence-electron chi connectivity index (χ3n) is 8.24. The maximum atomic E-state index is 12.5. The van der Waals surface area contributed by atoms with E-state index in [1.807, 2.05) is 6.92 Å². The summed E-state index contributed by atoms with van der Waals surface area (Å²) in [5.74, 6) is -0.955. The first kappa shape index (κ1) is 43.9. The molecule has 6 nitrogen and oxygen atoms in total. The Bertz CT molecular complexity index is 759. The van der Waals surface area contributed by atoms with E-state index in [2.05, 4.69) is 38.2 Å². The molecule has 0 saturated carbocycles. The van der Waals surface area contributed by atoms with Crippen LogP contribution >= 0.6 is 0 Å². The van der Waals surface area contributed by atoms with Crippen LogP contribution in [0.25, 0.3) is 0 Å². The second-order valence-corrected chi connectivity index (χ2v) is 12.9. The second kappa shape index (κ2) is 35.7. The lowest BCUT2D eigenvalue weighted by Gasteiger charge is -2.18. The number of carbonyl (C=O) groups is 3. The molecular formula is C40H72O6. The molecule has 0 aromatic rings. The van der Waals surface area contributed by atoms with E-state index >= 15 is 0 Å². The maximum Gasteiger partial charge on any atom is 0.306 e. The van der Waals surface area contributed by atoms with Crippen molar-refractivity contribution >= 4 is 17.9 Å². The lowest BCUT2D eigenvalue weighted by molar-refractivity contribution is -0.167. The molecular weight excluding hydrogens is 576 g/mol. The number of carbonyl (C=O) groups excluding carboxylic acids is 3. The standard InChI is InChI=1S/C40H72O6/c1-4-7-9-11-13-15-17-18-19-20-21-22-23-25-27-29-31-34-40(43)46-37(35-44-38(41)32-6-3)36-45-39(42)33-30-28-26-24-16-14-12-10-8-5-2/h5,8,18-19,37H,4,6-7,9-17,20-36H2,1-3H3/b8-5-,19-18-. The molecule has 268 valence electrons. The summed E-state index contributed by atoms with van der Waals surface area (Å²) in [5, 5.41) is 0. The quantitative estimate of drug-likeness (QED) is 0.0299. The van der Waals surface area contributed by atoms with Crippen molar-refractivity contribution in [3.63, 3.8) is 0 Å². The van der Waals surface area contributed by atoms with E-state index in [1.165, 1.54) is 103 Å². The third-order valence-corrected chi connectivity index (χ3v) is 8.24. The number of unbranched alkanes of at least 4 members (excludes halogenated alkanes) is 20. The van der Waals surface area contributed by atoms with Crippen LogP contribution in [0.2, 0.25) is 0 Å². The number of allylic oxidation sites excluding steroid dienone is 4. The maximum absolute atomic E-state index is 12.5. The first-order valence-electron chi connectivity index (χ1n) is 19.3. The smallest absolute Gasteiger partial charge is 0.306 e. The van der Waals surface area contributed by atoms with Gasteiger partial charge in [-0.25, -0.2) is 0 Å². The molecule has 1 unspecified atom stereocenters. The van der Waals surface area contributed by atoms with Gasteiger partial charge in [0.1, 0.15) is 13.2 Å². The van der Waals surface area contributed by atoms with Gasteiger partial charge in [0.25, 0.3) is 0 Å². The minimum Gasteiger partial charge on any atom is -0.462 e. The van der Waals surface area contributed by atoms with Crippen LogP contribution in [-0.2, 0) is 28.6 Å². The van der Waals surface area contributed by atoms with Crippen molar-refractivity contribution < 1.29 is 28.6 Å². The highest BCUT2D eigenvalue weighted by molar-refractivity contribution is 5.71. The second-order valence-electron chi connectivity index (χ2n) is 12.9. The molecule has 6 heteroatoms. The Morgan fingerprint density at radius 1 is 0.457 bits per heavy atom. The van der Waals surface area contributed by atoms with E-state index in [4.69, 9.17) is 14.2 Å². The Kier molecular flexibility index (Phi) is 34.1. The van der Waals surface area contributed by atoms with Crippen molar-refractivity contribution in [3.05, 3.63) is 24.3 Å². The SMILES string of the molecule is C/C=C\CCCCCCCCCC(=O)OCC(COC(=O)CCC)OC(=O)CCCCCCCCC/C=C\CCCCCCCC.